The highest BCUT2D eigenvalue weighted by molar-refractivity contribution is 7.98. The van der Waals surface area contributed by atoms with Crippen LogP contribution in [0.4, 0.5) is 4.79 Å². The second-order valence-corrected chi connectivity index (χ2v) is 8.96. The van der Waals surface area contributed by atoms with Crippen molar-refractivity contribution in [1.82, 2.24) is 16.0 Å². The fraction of sp³-hybridized carbons (Fsp3) is 0.320. The quantitative estimate of drug-likeness (QED) is 0.240. The fourth-order valence-electron chi connectivity index (χ4n) is 2.97. The van der Waals surface area contributed by atoms with E-state index in [0.717, 1.165) is 11.1 Å². The maximum Gasteiger partial charge on any atom is 0.414 e. The van der Waals surface area contributed by atoms with Gasteiger partial charge in [-0.25, -0.2) is 4.79 Å². The molecular weight excluding hydrogens is 500 g/mol. The van der Waals surface area contributed by atoms with Crippen molar-refractivity contribution in [3.8, 4) is 0 Å². The number of hydrogen-bond donors (Lipinski definition) is 5. The molecule has 37 heavy (non-hydrogen) atoms. The van der Waals surface area contributed by atoms with Crippen LogP contribution in [0.3, 0.4) is 0 Å². The van der Waals surface area contributed by atoms with Crippen molar-refractivity contribution in [2.24, 2.45) is 5.73 Å². The van der Waals surface area contributed by atoms with E-state index in [1.165, 1.54) is 11.8 Å². The molecule has 0 fully saturated rings. The van der Waals surface area contributed by atoms with E-state index in [1.807, 2.05) is 36.4 Å². The standard InChI is InChI=1S/C25H30N4O7S/c26-19(11-12-21(30)29-25(35)36-14-17-7-3-1-4-8-17)23(33)28-20(24(34)27-13-22(31)32)16-37-15-18-9-5-2-6-10-18/h1-10,19-20H,11-16,26H2,(H,27,34)(H,28,33)(H,31,32)(H,29,30,35)/t19-,20-/m1/s1. The van der Waals surface area contributed by atoms with Gasteiger partial charge in [0.2, 0.25) is 17.7 Å². The highest BCUT2D eigenvalue weighted by atomic mass is 32.2. The SMILES string of the molecule is N[C@H](CCC(=O)NC(=O)OCc1ccccc1)C(=O)N[C@H](CSCc1ccccc1)C(=O)NCC(=O)O. The molecular formula is C25H30N4O7S. The molecule has 6 N–H and O–H groups in total. The molecule has 11 nitrogen and oxygen atoms in total. The van der Waals surface area contributed by atoms with Gasteiger partial charge in [-0.15, -0.1) is 0 Å². The number of imide groups is 1. The fourth-order valence-corrected chi connectivity index (χ4v) is 3.99. The van der Waals surface area contributed by atoms with Crippen molar-refractivity contribution in [2.75, 3.05) is 12.3 Å². The van der Waals surface area contributed by atoms with Gasteiger partial charge in [-0.3, -0.25) is 24.5 Å². The number of thioether (sulfide) groups is 1. The zero-order valence-corrected chi connectivity index (χ0v) is 20.9. The normalized spacial score (nSPS) is 12.0. The van der Waals surface area contributed by atoms with E-state index in [0.29, 0.717) is 5.75 Å². The van der Waals surface area contributed by atoms with Crippen LogP contribution in [0.15, 0.2) is 60.7 Å². The van der Waals surface area contributed by atoms with Crippen molar-refractivity contribution in [1.29, 1.82) is 0 Å². The van der Waals surface area contributed by atoms with Crippen LogP contribution in [-0.2, 0) is 36.3 Å². The number of alkyl carbamates (subject to hydrolysis) is 1. The average Bonchev–Trinajstić information content (AvgIpc) is 2.89. The molecule has 2 rings (SSSR count). The number of aliphatic carboxylic acids is 1. The summed E-state index contributed by atoms with van der Waals surface area (Å²) in [6.45, 7) is -0.601. The molecule has 0 aromatic heterocycles. The lowest BCUT2D eigenvalue weighted by atomic mass is 10.1. The van der Waals surface area contributed by atoms with Crippen molar-refractivity contribution in [3.63, 3.8) is 0 Å². The van der Waals surface area contributed by atoms with Crippen LogP contribution in [-0.4, -0.2) is 59.3 Å². The first-order valence-electron chi connectivity index (χ1n) is 11.4. The monoisotopic (exact) mass is 530 g/mol. The summed E-state index contributed by atoms with van der Waals surface area (Å²) in [4.78, 5) is 59.6. The smallest absolute Gasteiger partial charge is 0.414 e. The Hall–Kier alpha value is -3.90. The van der Waals surface area contributed by atoms with Crippen LogP contribution in [0.25, 0.3) is 0 Å². The molecule has 198 valence electrons. The number of nitrogens with one attached hydrogen (secondary N) is 3. The summed E-state index contributed by atoms with van der Waals surface area (Å²) in [6, 6.07) is 16.2. The summed E-state index contributed by atoms with van der Waals surface area (Å²) in [5, 5.41) is 15.6. The Bertz CT molecular complexity index is 1050. The van der Waals surface area contributed by atoms with E-state index in [1.54, 1.807) is 24.3 Å². The lowest BCUT2D eigenvalue weighted by molar-refractivity contribution is -0.138. The van der Waals surface area contributed by atoms with Gasteiger partial charge in [-0.2, -0.15) is 11.8 Å². The lowest BCUT2D eigenvalue weighted by Gasteiger charge is -2.20. The molecule has 2 aromatic rings. The molecule has 0 aliphatic rings. The van der Waals surface area contributed by atoms with Crippen molar-refractivity contribution < 1.29 is 33.8 Å². The molecule has 0 saturated heterocycles. The summed E-state index contributed by atoms with van der Waals surface area (Å²) in [5.74, 6) is -2.49. The van der Waals surface area contributed by atoms with E-state index < -0.39 is 48.4 Å². The Morgan fingerprint density at radius 1 is 0.919 bits per heavy atom. The predicted molar refractivity (Wildman–Crippen MR) is 137 cm³/mol. The van der Waals surface area contributed by atoms with Gasteiger partial charge < -0.3 is 26.2 Å². The molecule has 2 aromatic carbocycles. The highest BCUT2D eigenvalue weighted by Gasteiger charge is 2.25. The Morgan fingerprint density at radius 3 is 2.16 bits per heavy atom. The van der Waals surface area contributed by atoms with Gasteiger partial charge in [0, 0.05) is 17.9 Å². The van der Waals surface area contributed by atoms with Gasteiger partial charge in [0.15, 0.2) is 0 Å². The number of amides is 4. The number of carboxylic acids is 1. The topological polar surface area (TPSA) is 177 Å². The summed E-state index contributed by atoms with van der Waals surface area (Å²) in [7, 11) is 0. The number of carboxylic acid groups (broad SMARTS) is 1. The van der Waals surface area contributed by atoms with E-state index in [4.69, 9.17) is 15.6 Å². The van der Waals surface area contributed by atoms with E-state index >= 15 is 0 Å². The second kappa shape index (κ2) is 16.0. The number of carbonyl (C=O) groups excluding carboxylic acids is 4. The Labute approximate surface area is 218 Å². The lowest BCUT2D eigenvalue weighted by Crippen LogP contribution is -2.53. The molecule has 0 aliphatic carbocycles. The minimum Gasteiger partial charge on any atom is -0.480 e. The Morgan fingerprint density at radius 2 is 1.54 bits per heavy atom. The molecule has 12 heteroatoms. The molecule has 0 bridgehead atoms. The van der Waals surface area contributed by atoms with Crippen LogP contribution in [0.5, 0.6) is 0 Å². The third-order valence-corrected chi connectivity index (χ3v) is 6.02. The number of benzene rings is 2. The number of carbonyl (C=O) groups is 5. The molecule has 0 aliphatic heterocycles. The molecule has 0 unspecified atom stereocenters. The molecule has 0 radical (unpaired) electrons. The van der Waals surface area contributed by atoms with Gasteiger partial charge in [0.05, 0.1) is 6.04 Å². The van der Waals surface area contributed by atoms with Crippen LogP contribution in [0.1, 0.15) is 24.0 Å². The molecule has 0 spiro atoms. The van der Waals surface area contributed by atoms with Gasteiger partial charge in [0.1, 0.15) is 19.2 Å². The van der Waals surface area contributed by atoms with E-state index in [9.17, 15) is 24.0 Å². The highest BCUT2D eigenvalue weighted by Crippen LogP contribution is 2.13. The third kappa shape index (κ3) is 12.1. The predicted octanol–water partition coefficient (Wildman–Crippen LogP) is 1.17. The number of hydrogen-bond acceptors (Lipinski definition) is 8. The van der Waals surface area contributed by atoms with Gasteiger partial charge >= 0.3 is 12.1 Å². The second-order valence-electron chi connectivity index (χ2n) is 7.93. The van der Waals surface area contributed by atoms with Crippen LogP contribution >= 0.6 is 11.8 Å². The van der Waals surface area contributed by atoms with Crippen LogP contribution in [0.2, 0.25) is 0 Å². The minimum absolute atomic E-state index is 0.00448. The Kier molecular flexibility index (Phi) is 12.7. The average molecular weight is 531 g/mol. The van der Waals surface area contributed by atoms with Crippen molar-refractivity contribution in [2.45, 2.75) is 37.3 Å². The zero-order valence-electron chi connectivity index (χ0n) is 20.1. The Balaban J connectivity index is 1.79. The van der Waals surface area contributed by atoms with E-state index in [2.05, 4.69) is 16.0 Å². The summed E-state index contributed by atoms with van der Waals surface area (Å²) < 4.78 is 4.97. The van der Waals surface area contributed by atoms with Gasteiger partial charge in [-0.1, -0.05) is 60.7 Å². The van der Waals surface area contributed by atoms with Crippen molar-refractivity contribution >= 4 is 41.5 Å². The van der Waals surface area contributed by atoms with Crippen molar-refractivity contribution in [3.05, 3.63) is 71.8 Å². The first kappa shape index (κ1) is 29.3. The van der Waals surface area contributed by atoms with Gasteiger partial charge in [0.25, 0.3) is 0 Å². The summed E-state index contributed by atoms with van der Waals surface area (Å²) in [6.07, 6.45) is -1.24. The van der Waals surface area contributed by atoms with Crippen LogP contribution < -0.4 is 21.7 Å². The zero-order chi connectivity index (χ0) is 27.0. The minimum atomic E-state index is -1.22. The molecule has 2 atom stereocenters. The maximum atomic E-state index is 12.6. The first-order valence-corrected chi connectivity index (χ1v) is 12.6. The maximum absolute atomic E-state index is 12.6. The molecule has 0 saturated carbocycles. The molecule has 4 amide bonds. The van der Waals surface area contributed by atoms with Gasteiger partial charge in [-0.05, 0) is 17.5 Å². The number of ether oxygens (including phenoxy) is 1. The molecule has 0 heterocycles. The van der Waals surface area contributed by atoms with Crippen LogP contribution in [0, 0.1) is 0 Å². The first-order chi connectivity index (χ1) is 17.7. The number of nitrogens with two attached hydrogens (primary N) is 1. The van der Waals surface area contributed by atoms with E-state index in [-0.39, 0.29) is 25.2 Å². The summed E-state index contributed by atoms with van der Waals surface area (Å²) >= 11 is 1.38. The third-order valence-electron chi connectivity index (χ3n) is 4.92. The summed E-state index contributed by atoms with van der Waals surface area (Å²) in [5.41, 5.74) is 7.66. The number of rotatable bonds is 14. The largest absolute Gasteiger partial charge is 0.480 e.